The Morgan fingerprint density at radius 1 is 1.16 bits per heavy atom. The van der Waals surface area contributed by atoms with Crippen molar-refractivity contribution in [3.05, 3.63) is 0 Å². The molecular formula is C14H26N2O3. The Morgan fingerprint density at radius 2 is 1.79 bits per heavy atom. The smallest absolute Gasteiger partial charge is 0.303 e. The van der Waals surface area contributed by atoms with Crippen LogP contribution in [0, 0.1) is 0 Å². The highest BCUT2D eigenvalue weighted by atomic mass is 16.4. The molecule has 1 amide bonds. The third kappa shape index (κ3) is 7.15. The number of piperidine rings is 1. The van der Waals surface area contributed by atoms with E-state index in [2.05, 4.69) is 17.1 Å². The van der Waals surface area contributed by atoms with E-state index in [1.54, 1.807) is 0 Å². The van der Waals surface area contributed by atoms with Crippen molar-refractivity contribution in [3.8, 4) is 0 Å². The number of rotatable bonds is 8. The average Bonchev–Trinajstić information content (AvgIpc) is 2.41. The topological polar surface area (TPSA) is 69.6 Å². The molecule has 0 saturated carbocycles. The lowest BCUT2D eigenvalue weighted by molar-refractivity contribution is -0.137. The monoisotopic (exact) mass is 270 g/mol. The molecule has 0 bridgehead atoms. The molecule has 1 fully saturated rings. The number of carbonyl (C=O) groups is 2. The minimum absolute atomic E-state index is 0.0363. The zero-order valence-electron chi connectivity index (χ0n) is 11.9. The van der Waals surface area contributed by atoms with Gasteiger partial charge in [-0.05, 0) is 45.7 Å². The Labute approximate surface area is 115 Å². The summed E-state index contributed by atoms with van der Waals surface area (Å²) < 4.78 is 0. The van der Waals surface area contributed by atoms with Crippen LogP contribution in [0.4, 0.5) is 0 Å². The maximum atomic E-state index is 11.6. The molecule has 110 valence electrons. The number of hydrogen-bond acceptors (Lipinski definition) is 3. The second-order valence-corrected chi connectivity index (χ2v) is 5.35. The maximum Gasteiger partial charge on any atom is 0.303 e. The summed E-state index contributed by atoms with van der Waals surface area (Å²) in [5.41, 5.74) is 0. The van der Waals surface area contributed by atoms with Crippen LogP contribution in [0.15, 0.2) is 0 Å². The number of carbonyl (C=O) groups excluding carboxylic acids is 1. The molecule has 1 rings (SSSR count). The van der Waals surface area contributed by atoms with Gasteiger partial charge in [-0.1, -0.05) is 6.42 Å². The number of nitrogens with one attached hydrogen (secondary N) is 1. The largest absolute Gasteiger partial charge is 0.481 e. The molecule has 0 aliphatic carbocycles. The van der Waals surface area contributed by atoms with Crippen LogP contribution in [-0.2, 0) is 9.59 Å². The molecule has 1 saturated heterocycles. The molecule has 19 heavy (non-hydrogen) atoms. The van der Waals surface area contributed by atoms with E-state index in [-0.39, 0.29) is 12.3 Å². The van der Waals surface area contributed by atoms with Crippen molar-refractivity contribution in [2.75, 3.05) is 19.6 Å². The number of carboxylic acid groups (broad SMARTS) is 1. The number of nitrogens with zero attached hydrogens (tertiary/aromatic N) is 1. The van der Waals surface area contributed by atoms with Crippen LogP contribution in [0.1, 0.15) is 51.9 Å². The van der Waals surface area contributed by atoms with Crippen LogP contribution >= 0.6 is 0 Å². The standard InChI is InChI=1S/C14H26N2O3/c1-12(16-9-5-2-6-10-16)11-15-13(17)7-3-4-8-14(18)19/h12H,2-11H2,1H3,(H,15,17)(H,18,19). The molecule has 1 heterocycles. The van der Waals surface area contributed by atoms with E-state index in [4.69, 9.17) is 5.11 Å². The number of carboxylic acids is 1. The van der Waals surface area contributed by atoms with Crippen molar-refractivity contribution in [2.45, 2.75) is 57.9 Å². The van der Waals surface area contributed by atoms with Gasteiger partial charge in [0.1, 0.15) is 0 Å². The zero-order chi connectivity index (χ0) is 14.1. The van der Waals surface area contributed by atoms with E-state index in [1.165, 1.54) is 19.3 Å². The fourth-order valence-electron chi connectivity index (χ4n) is 2.40. The first kappa shape index (κ1) is 16.0. The van der Waals surface area contributed by atoms with Crippen LogP contribution in [0.2, 0.25) is 0 Å². The van der Waals surface area contributed by atoms with Crippen molar-refractivity contribution in [2.24, 2.45) is 0 Å². The number of amides is 1. The highest BCUT2D eigenvalue weighted by Crippen LogP contribution is 2.11. The molecule has 0 radical (unpaired) electrons. The van der Waals surface area contributed by atoms with Gasteiger partial charge in [-0.15, -0.1) is 0 Å². The molecule has 0 spiro atoms. The van der Waals surface area contributed by atoms with Gasteiger partial charge in [-0.25, -0.2) is 0 Å². The van der Waals surface area contributed by atoms with Crippen molar-refractivity contribution in [1.82, 2.24) is 10.2 Å². The van der Waals surface area contributed by atoms with Gasteiger partial charge in [0, 0.05) is 25.4 Å². The van der Waals surface area contributed by atoms with E-state index >= 15 is 0 Å². The van der Waals surface area contributed by atoms with Crippen LogP contribution < -0.4 is 5.32 Å². The van der Waals surface area contributed by atoms with E-state index in [0.29, 0.717) is 31.8 Å². The van der Waals surface area contributed by atoms with Crippen molar-refractivity contribution in [3.63, 3.8) is 0 Å². The van der Waals surface area contributed by atoms with Crippen molar-refractivity contribution in [1.29, 1.82) is 0 Å². The van der Waals surface area contributed by atoms with Gasteiger partial charge >= 0.3 is 5.97 Å². The summed E-state index contributed by atoms with van der Waals surface area (Å²) in [4.78, 5) is 24.4. The predicted molar refractivity (Wildman–Crippen MR) is 74.0 cm³/mol. The number of aliphatic carboxylic acids is 1. The number of unbranched alkanes of at least 4 members (excludes halogenated alkanes) is 1. The summed E-state index contributed by atoms with van der Waals surface area (Å²) in [6, 6.07) is 0.392. The highest BCUT2D eigenvalue weighted by Gasteiger charge is 2.16. The summed E-state index contributed by atoms with van der Waals surface area (Å²) in [7, 11) is 0. The SMILES string of the molecule is CC(CNC(=O)CCCCC(=O)O)N1CCCCC1. The van der Waals surface area contributed by atoms with E-state index in [1.807, 2.05) is 0 Å². The Balaban J connectivity index is 2.06. The molecule has 1 atom stereocenters. The first-order valence-corrected chi connectivity index (χ1v) is 7.32. The highest BCUT2D eigenvalue weighted by molar-refractivity contribution is 5.75. The molecule has 1 aliphatic rings. The van der Waals surface area contributed by atoms with Crippen LogP contribution in [0.5, 0.6) is 0 Å². The fourth-order valence-corrected chi connectivity index (χ4v) is 2.40. The molecule has 2 N–H and O–H groups in total. The second kappa shape index (κ2) is 8.91. The van der Waals surface area contributed by atoms with Gasteiger partial charge in [0.2, 0.25) is 5.91 Å². The molecule has 0 aromatic rings. The molecule has 5 nitrogen and oxygen atoms in total. The Morgan fingerprint density at radius 3 is 2.42 bits per heavy atom. The molecule has 0 aromatic heterocycles. The van der Waals surface area contributed by atoms with Crippen LogP contribution in [-0.4, -0.2) is 47.6 Å². The zero-order valence-corrected chi connectivity index (χ0v) is 11.9. The lowest BCUT2D eigenvalue weighted by Crippen LogP contribution is -2.44. The van der Waals surface area contributed by atoms with Crippen LogP contribution in [0.3, 0.4) is 0 Å². The van der Waals surface area contributed by atoms with Crippen molar-refractivity contribution >= 4 is 11.9 Å². The van der Waals surface area contributed by atoms with Crippen LogP contribution in [0.25, 0.3) is 0 Å². The quantitative estimate of drug-likeness (QED) is 0.658. The first-order valence-electron chi connectivity index (χ1n) is 7.32. The normalized spacial score (nSPS) is 17.9. The summed E-state index contributed by atoms with van der Waals surface area (Å²) >= 11 is 0. The lowest BCUT2D eigenvalue weighted by atomic mass is 10.1. The average molecular weight is 270 g/mol. The maximum absolute atomic E-state index is 11.6. The minimum Gasteiger partial charge on any atom is -0.481 e. The van der Waals surface area contributed by atoms with Gasteiger partial charge in [0.15, 0.2) is 0 Å². The Kier molecular flexibility index (Phi) is 7.48. The molecule has 1 unspecified atom stereocenters. The molecule has 0 aromatic carbocycles. The minimum atomic E-state index is -0.792. The lowest BCUT2D eigenvalue weighted by Gasteiger charge is -2.32. The predicted octanol–water partition coefficient (Wildman–Crippen LogP) is 1.62. The molecular weight excluding hydrogens is 244 g/mol. The molecule has 1 aliphatic heterocycles. The van der Waals surface area contributed by atoms with Gasteiger partial charge < -0.3 is 10.4 Å². The van der Waals surface area contributed by atoms with E-state index in [0.717, 1.165) is 13.1 Å². The number of likely N-dealkylation sites (tertiary alicyclic amines) is 1. The van der Waals surface area contributed by atoms with E-state index in [9.17, 15) is 9.59 Å². The first-order chi connectivity index (χ1) is 9.09. The summed E-state index contributed by atoms with van der Waals surface area (Å²) in [5.74, 6) is -0.756. The van der Waals surface area contributed by atoms with Gasteiger partial charge in [-0.2, -0.15) is 0 Å². The summed E-state index contributed by atoms with van der Waals surface area (Å²) in [6.45, 7) is 5.11. The van der Waals surface area contributed by atoms with Gasteiger partial charge in [-0.3, -0.25) is 14.5 Å². The van der Waals surface area contributed by atoms with Crippen molar-refractivity contribution < 1.29 is 14.7 Å². The third-order valence-corrected chi connectivity index (χ3v) is 3.65. The summed E-state index contributed by atoms with van der Waals surface area (Å²) in [5, 5.41) is 11.4. The fraction of sp³-hybridized carbons (Fsp3) is 0.857. The second-order valence-electron chi connectivity index (χ2n) is 5.35. The number of hydrogen-bond donors (Lipinski definition) is 2. The third-order valence-electron chi connectivity index (χ3n) is 3.65. The summed E-state index contributed by atoms with van der Waals surface area (Å²) in [6.07, 6.45) is 5.64. The van der Waals surface area contributed by atoms with E-state index < -0.39 is 5.97 Å². The Hall–Kier alpha value is -1.10. The molecule has 5 heteroatoms. The Bertz CT molecular complexity index is 288. The van der Waals surface area contributed by atoms with Gasteiger partial charge in [0.25, 0.3) is 0 Å². The van der Waals surface area contributed by atoms with Gasteiger partial charge in [0.05, 0.1) is 0 Å².